The standard InChI is InChI=1S/C27H32N2O5S2/c1-33-26(30)23-10-6-5-9-22(23)24-25(35-27(28-24)34-21-7-3-2-4-8-21)19-11-13-20(14-12-19)29-15-17-36(31,32)18-16-29/h2-4,7-8,11-14,22-23,31-32H,5-6,9-10,15-18H2,1H3. The van der Waals surface area contributed by atoms with Crippen LogP contribution in [0, 0.1) is 5.92 Å². The highest BCUT2D eigenvalue weighted by Gasteiger charge is 2.36. The van der Waals surface area contributed by atoms with Gasteiger partial charge in [0, 0.05) is 24.7 Å². The van der Waals surface area contributed by atoms with E-state index in [1.807, 2.05) is 30.3 Å². The molecule has 2 aliphatic rings. The van der Waals surface area contributed by atoms with Crippen LogP contribution in [-0.4, -0.2) is 51.8 Å². The molecule has 2 unspecified atom stereocenters. The van der Waals surface area contributed by atoms with Crippen LogP contribution in [0.15, 0.2) is 54.6 Å². The number of ether oxygens (including phenoxy) is 2. The van der Waals surface area contributed by atoms with Gasteiger partial charge in [-0.15, -0.1) is 0 Å². The van der Waals surface area contributed by atoms with Gasteiger partial charge in [0.05, 0.1) is 35.1 Å². The van der Waals surface area contributed by atoms with Gasteiger partial charge >= 0.3 is 5.97 Å². The number of benzene rings is 2. The molecular weight excluding hydrogens is 496 g/mol. The molecule has 2 aromatic carbocycles. The van der Waals surface area contributed by atoms with Crippen LogP contribution < -0.4 is 9.64 Å². The molecule has 1 saturated carbocycles. The number of carbonyl (C=O) groups is 1. The highest BCUT2D eigenvalue weighted by atomic mass is 32.3. The molecule has 1 aromatic heterocycles. The molecule has 0 spiro atoms. The SMILES string of the molecule is COC(=O)C1CCCCC1c1nc(Oc2ccccc2)sc1-c1ccc(N2CCS(O)(O)CC2)cc1. The number of anilines is 1. The second kappa shape index (κ2) is 10.8. The number of hydrogen-bond acceptors (Lipinski definition) is 8. The summed E-state index contributed by atoms with van der Waals surface area (Å²) in [7, 11) is -0.974. The Morgan fingerprint density at radius 3 is 2.42 bits per heavy atom. The molecular formula is C27H32N2O5S2. The van der Waals surface area contributed by atoms with Gasteiger partial charge in [-0.3, -0.25) is 13.9 Å². The van der Waals surface area contributed by atoms with E-state index in [9.17, 15) is 13.9 Å². The highest BCUT2D eigenvalue weighted by molar-refractivity contribution is 8.24. The number of carbonyl (C=O) groups excluding carboxylic acids is 1. The molecule has 9 heteroatoms. The Kier molecular flexibility index (Phi) is 7.52. The van der Waals surface area contributed by atoms with E-state index < -0.39 is 10.6 Å². The quantitative estimate of drug-likeness (QED) is 0.347. The number of rotatable bonds is 6. The first-order valence-electron chi connectivity index (χ1n) is 12.3. The monoisotopic (exact) mass is 528 g/mol. The van der Waals surface area contributed by atoms with Crippen molar-refractivity contribution in [3.05, 3.63) is 60.3 Å². The molecule has 192 valence electrons. The Bertz CT molecular complexity index is 1170. The molecule has 2 fully saturated rings. The summed E-state index contributed by atoms with van der Waals surface area (Å²) in [6, 6.07) is 17.9. The normalized spacial score (nSPS) is 22.6. The smallest absolute Gasteiger partial charge is 0.309 e. The summed E-state index contributed by atoms with van der Waals surface area (Å²) in [6.45, 7) is 1.26. The van der Waals surface area contributed by atoms with E-state index in [-0.39, 0.29) is 17.8 Å². The molecule has 0 radical (unpaired) electrons. The van der Waals surface area contributed by atoms with Crippen LogP contribution in [0.2, 0.25) is 0 Å². The van der Waals surface area contributed by atoms with Crippen LogP contribution in [0.5, 0.6) is 10.9 Å². The summed E-state index contributed by atoms with van der Waals surface area (Å²) in [5.41, 5.74) is 3.00. The molecule has 0 amide bonds. The van der Waals surface area contributed by atoms with Crippen LogP contribution in [-0.2, 0) is 9.53 Å². The van der Waals surface area contributed by atoms with E-state index in [0.29, 0.717) is 29.8 Å². The lowest BCUT2D eigenvalue weighted by atomic mass is 9.77. The van der Waals surface area contributed by atoms with Crippen LogP contribution in [0.1, 0.15) is 37.3 Å². The first-order chi connectivity index (χ1) is 17.4. The van der Waals surface area contributed by atoms with Gasteiger partial charge in [0.25, 0.3) is 5.19 Å². The van der Waals surface area contributed by atoms with Gasteiger partial charge in [-0.2, -0.15) is 10.6 Å². The Balaban J connectivity index is 1.46. The number of para-hydroxylation sites is 1. The van der Waals surface area contributed by atoms with E-state index in [0.717, 1.165) is 53.3 Å². The zero-order valence-corrected chi connectivity index (χ0v) is 22.0. The summed E-state index contributed by atoms with van der Waals surface area (Å²) in [4.78, 5) is 20.8. The molecule has 2 atom stereocenters. The van der Waals surface area contributed by atoms with Crippen molar-refractivity contribution in [3.63, 3.8) is 0 Å². The van der Waals surface area contributed by atoms with Gasteiger partial charge < -0.3 is 14.4 Å². The van der Waals surface area contributed by atoms with E-state index >= 15 is 0 Å². The van der Waals surface area contributed by atoms with Gasteiger partial charge in [0.1, 0.15) is 5.75 Å². The maximum atomic E-state index is 12.6. The minimum absolute atomic E-state index is 0.0162. The van der Waals surface area contributed by atoms with Gasteiger partial charge in [-0.1, -0.05) is 54.5 Å². The molecule has 2 N–H and O–H groups in total. The Hall–Kier alpha value is -2.59. The van der Waals surface area contributed by atoms with Gasteiger partial charge in [-0.25, -0.2) is 4.98 Å². The van der Waals surface area contributed by atoms with Crippen LogP contribution in [0.4, 0.5) is 5.69 Å². The van der Waals surface area contributed by atoms with E-state index in [1.54, 1.807) is 0 Å². The van der Waals surface area contributed by atoms with Crippen molar-refractivity contribution in [1.82, 2.24) is 4.98 Å². The molecule has 5 rings (SSSR count). The number of methoxy groups -OCH3 is 1. The first-order valence-corrected chi connectivity index (χ1v) is 15.0. The fourth-order valence-electron chi connectivity index (χ4n) is 5.10. The highest BCUT2D eigenvalue weighted by Crippen LogP contribution is 2.47. The largest absolute Gasteiger partial charge is 0.469 e. The fourth-order valence-corrected chi connectivity index (χ4v) is 7.34. The lowest BCUT2D eigenvalue weighted by Gasteiger charge is -2.41. The average Bonchev–Trinajstić information content (AvgIpc) is 3.32. The van der Waals surface area contributed by atoms with Crippen LogP contribution in [0.3, 0.4) is 0 Å². The van der Waals surface area contributed by atoms with Crippen molar-refractivity contribution in [2.45, 2.75) is 31.6 Å². The van der Waals surface area contributed by atoms with Crippen molar-refractivity contribution >= 4 is 33.6 Å². The third kappa shape index (κ3) is 5.54. The van der Waals surface area contributed by atoms with Gasteiger partial charge in [0.15, 0.2) is 0 Å². The summed E-state index contributed by atoms with van der Waals surface area (Å²) in [6.07, 6.45) is 3.76. The maximum absolute atomic E-state index is 12.6. The Morgan fingerprint density at radius 1 is 1.03 bits per heavy atom. The van der Waals surface area contributed by atoms with Crippen molar-refractivity contribution in [2.75, 3.05) is 36.6 Å². The number of nitrogens with zero attached hydrogens (tertiary/aromatic N) is 2. The Labute approximate surface area is 217 Å². The summed E-state index contributed by atoms with van der Waals surface area (Å²) in [5, 5.41) is 0.561. The molecule has 1 saturated heterocycles. The van der Waals surface area contributed by atoms with Crippen molar-refractivity contribution in [1.29, 1.82) is 0 Å². The van der Waals surface area contributed by atoms with E-state index in [1.165, 1.54) is 18.4 Å². The lowest BCUT2D eigenvalue weighted by Crippen LogP contribution is -2.38. The topological polar surface area (TPSA) is 92.1 Å². The second-order valence-electron chi connectivity index (χ2n) is 9.37. The lowest BCUT2D eigenvalue weighted by molar-refractivity contribution is -0.147. The Morgan fingerprint density at radius 2 is 1.72 bits per heavy atom. The third-order valence-corrected chi connectivity index (χ3v) is 9.75. The van der Waals surface area contributed by atoms with Crippen molar-refractivity contribution in [3.8, 4) is 21.4 Å². The molecule has 36 heavy (non-hydrogen) atoms. The van der Waals surface area contributed by atoms with Crippen molar-refractivity contribution in [2.24, 2.45) is 5.92 Å². The zero-order valence-electron chi connectivity index (χ0n) is 20.3. The molecule has 3 aromatic rings. The molecule has 0 bridgehead atoms. The second-order valence-corrected chi connectivity index (χ2v) is 12.8. The third-order valence-electron chi connectivity index (χ3n) is 7.07. The fraction of sp³-hybridized carbons (Fsp3) is 0.407. The maximum Gasteiger partial charge on any atom is 0.309 e. The number of hydrogen-bond donors (Lipinski definition) is 2. The first kappa shape index (κ1) is 25.1. The zero-order chi connectivity index (χ0) is 25.1. The van der Waals surface area contributed by atoms with E-state index in [4.69, 9.17) is 14.5 Å². The summed E-state index contributed by atoms with van der Waals surface area (Å²) >= 11 is 1.50. The molecule has 7 nitrogen and oxygen atoms in total. The summed E-state index contributed by atoms with van der Waals surface area (Å²) < 4.78 is 31.1. The van der Waals surface area contributed by atoms with Gasteiger partial charge in [0.2, 0.25) is 0 Å². The predicted octanol–water partition coefficient (Wildman–Crippen LogP) is 6.62. The van der Waals surface area contributed by atoms with E-state index in [2.05, 4.69) is 29.2 Å². The number of thiazole rings is 1. The number of aromatic nitrogens is 1. The summed E-state index contributed by atoms with van der Waals surface area (Å²) in [5.74, 6) is 1.15. The minimum atomic E-state index is -2.43. The minimum Gasteiger partial charge on any atom is -0.469 e. The molecule has 1 aliphatic carbocycles. The van der Waals surface area contributed by atoms with Gasteiger partial charge in [-0.05, 0) is 42.7 Å². The predicted molar refractivity (Wildman–Crippen MR) is 146 cm³/mol. The molecule has 1 aliphatic heterocycles. The number of esters is 1. The molecule has 2 heterocycles. The van der Waals surface area contributed by atoms with Crippen LogP contribution >= 0.6 is 21.9 Å². The van der Waals surface area contributed by atoms with Crippen molar-refractivity contribution < 1.29 is 23.4 Å². The van der Waals surface area contributed by atoms with Crippen LogP contribution in [0.25, 0.3) is 10.4 Å². The average molecular weight is 529 g/mol.